The van der Waals surface area contributed by atoms with E-state index in [4.69, 9.17) is 4.80 Å². The van der Waals surface area contributed by atoms with Gasteiger partial charge >= 0.3 is 0 Å². The zero-order valence-corrected chi connectivity index (χ0v) is 12.4. The fraction of sp³-hybridized carbons (Fsp3) is 0.714. The zero-order valence-electron chi connectivity index (χ0n) is 11.0. The highest BCUT2D eigenvalue weighted by molar-refractivity contribution is 6.25. The van der Waals surface area contributed by atoms with E-state index in [1.54, 1.807) is 0 Å². The molecule has 0 saturated carbocycles. The Morgan fingerprint density at radius 2 is 1.29 bits per heavy atom. The van der Waals surface area contributed by atoms with Crippen molar-refractivity contribution in [3.8, 4) is 0 Å². The lowest BCUT2D eigenvalue weighted by Crippen LogP contribution is -1.93. The molecular weight excluding hydrogens is 226 g/mol. The van der Waals surface area contributed by atoms with Gasteiger partial charge in [0.15, 0.2) is 9.76 Å². The molecule has 17 heavy (non-hydrogen) atoms. The zero-order chi connectivity index (χ0) is 12.2. The SMILES string of the molecule is O[SiH2]CCCCCCCCCCn1cccc1. The standard InChI is InChI=1S/C14H27NOSi/c16-17-14-10-6-4-2-1-3-5-7-11-15-12-8-9-13-15/h8-9,12-13,16H,1-7,10-11,14,17H2. The van der Waals surface area contributed by atoms with E-state index in [-0.39, 0.29) is 0 Å². The Labute approximate surface area is 108 Å². The summed E-state index contributed by atoms with van der Waals surface area (Å²) in [5.74, 6) is 0. The molecule has 1 aromatic heterocycles. The first-order chi connectivity index (χ1) is 8.43. The van der Waals surface area contributed by atoms with E-state index in [2.05, 4.69) is 29.1 Å². The number of hydrogen-bond acceptors (Lipinski definition) is 1. The van der Waals surface area contributed by atoms with E-state index in [0.29, 0.717) is 0 Å². The van der Waals surface area contributed by atoms with Crippen LogP contribution in [0.25, 0.3) is 0 Å². The van der Waals surface area contributed by atoms with Crippen LogP contribution in [0.1, 0.15) is 51.4 Å². The fourth-order valence-corrected chi connectivity index (χ4v) is 2.74. The average molecular weight is 253 g/mol. The van der Waals surface area contributed by atoms with Crippen LogP contribution in [0.5, 0.6) is 0 Å². The van der Waals surface area contributed by atoms with E-state index in [1.807, 2.05) is 0 Å². The smallest absolute Gasteiger partial charge is 0.156 e. The van der Waals surface area contributed by atoms with E-state index in [1.165, 1.54) is 57.9 Å². The van der Waals surface area contributed by atoms with Crippen LogP contribution in [0.2, 0.25) is 6.04 Å². The van der Waals surface area contributed by atoms with Gasteiger partial charge in [-0.2, -0.15) is 0 Å². The summed E-state index contributed by atoms with van der Waals surface area (Å²) in [5, 5.41) is 0. The highest BCUT2D eigenvalue weighted by Gasteiger charge is 1.93. The highest BCUT2D eigenvalue weighted by Crippen LogP contribution is 2.10. The number of aromatic nitrogens is 1. The number of unbranched alkanes of at least 4 members (excludes halogenated alkanes) is 7. The van der Waals surface area contributed by atoms with Crippen LogP contribution >= 0.6 is 0 Å². The Morgan fingerprint density at radius 1 is 0.765 bits per heavy atom. The van der Waals surface area contributed by atoms with Crippen molar-refractivity contribution in [1.29, 1.82) is 0 Å². The lowest BCUT2D eigenvalue weighted by Gasteiger charge is -2.03. The molecule has 98 valence electrons. The molecule has 0 amide bonds. The first-order valence-electron chi connectivity index (χ1n) is 7.15. The molecule has 0 radical (unpaired) electrons. The van der Waals surface area contributed by atoms with Crippen molar-refractivity contribution in [2.75, 3.05) is 0 Å². The minimum absolute atomic E-state index is 0.660. The summed E-state index contributed by atoms with van der Waals surface area (Å²) in [4.78, 5) is 8.78. The van der Waals surface area contributed by atoms with Crippen LogP contribution in [-0.2, 0) is 6.54 Å². The molecule has 0 aromatic carbocycles. The van der Waals surface area contributed by atoms with E-state index < -0.39 is 9.76 Å². The first-order valence-corrected chi connectivity index (χ1v) is 8.78. The van der Waals surface area contributed by atoms with Gasteiger partial charge in [0.05, 0.1) is 0 Å². The summed E-state index contributed by atoms with van der Waals surface area (Å²) in [6.45, 7) is 1.17. The summed E-state index contributed by atoms with van der Waals surface area (Å²) in [7, 11) is -0.660. The number of rotatable bonds is 11. The second-order valence-electron chi connectivity index (χ2n) is 4.83. The van der Waals surface area contributed by atoms with Crippen LogP contribution in [0.15, 0.2) is 24.5 Å². The van der Waals surface area contributed by atoms with Crippen molar-refractivity contribution in [3.05, 3.63) is 24.5 Å². The Hall–Kier alpha value is -0.543. The van der Waals surface area contributed by atoms with Crippen molar-refractivity contribution < 1.29 is 4.80 Å². The third-order valence-electron chi connectivity index (χ3n) is 3.24. The summed E-state index contributed by atoms with van der Waals surface area (Å²) in [5.41, 5.74) is 0. The molecule has 0 fully saturated rings. The Balaban J connectivity index is 1.76. The second kappa shape index (κ2) is 10.6. The maximum absolute atomic E-state index is 8.78. The van der Waals surface area contributed by atoms with Gasteiger partial charge < -0.3 is 9.36 Å². The van der Waals surface area contributed by atoms with Gasteiger partial charge in [-0.1, -0.05) is 44.9 Å². The molecule has 0 atom stereocenters. The molecule has 1 rings (SSSR count). The van der Waals surface area contributed by atoms with Gasteiger partial charge in [0, 0.05) is 18.9 Å². The van der Waals surface area contributed by atoms with Crippen molar-refractivity contribution in [2.45, 2.75) is 64.0 Å². The Kier molecular flexibility index (Phi) is 9.05. The third-order valence-corrected chi connectivity index (χ3v) is 4.06. The maximum atomic E-state index is 8.78. The van der Waals surface area contributed by atoms with Crippen molar-refractivity contribution in [3.63, 3.8) is 0 Å². The van der Waals surface area contributed by atoms with Gasteiger partial charge in [0.25, 0.3) is 0 Å². The third kappa shape index (κ3) is 8.22. The molecule has 3 heteroatoms. The summed E-state index contributed by atoms with van der Waals surface area (Å²) in [6, 6.07) is 5.31. The summed E-state index contributed by atoms with van der Waals surface area (Å²) in [6.07, 6.45) is 15.1. The summed E-state index contributed by atoms with van der Waals surface area (Å²) < 4.78 is 2.26. The topological polar surface area (TPSA) is 25.2 Å². The van der Waals surface area contributed by atoms with Gasteiger partial charge in [0.2, 0.25) is 0 Å². The lowest BCUT2D eigenvalue weighted by molar-refractivity contribution is 0.541. The molecule has 2 nitrogen and oxygen atoms in total. The first kappa shape index (κ1) is 14.5. The number of nitrogens with zero attached hydrogens (tertiary/aromatic N) is 1. The fourth-order valence-electron chi connectivity index (χ4n) is 2.16. The van der Waals surface area contributed by atoms with Gasteiger partial charge in [0.1, 0.15) is 0 Å². The number of aryl methyl sites for hydroxylation is 1. The van der Waals surface area contributed by atoms with Gasteiger partial charge in [-0.25, -0.2) is 0 Å². The van der Waals surface area contributed by atoms with Crippen LogP contribution < -0.4 is 0 Å². The second-order valence-corrected chi connectivity index (χ2v) is 5.98. The molecule has 0 aliphatic rings. The minimum Gasteiger partial charge on any atom is -0.438 e. The average Bonchev–Trinajstić information content (AvgIpc) is 2.85. The van der Waals surface area contributed by atoms with Crippen molar-refractivity contribution in [2.24, 2.45) is 0 Å². The molecule has 1 N–H and O–H groups in total. The Bertz CT molecular complexity index is 249. The molecule has 0 bridgehead atoms. The normalized spacial score (nSPS) is 11.6. The van der Waals surface area contributed by atoms with Crippen LogP contribution in [0.3, 0.4) is 0 Å². The highest BCUT2D eigenvalue weighted by atomic mass is 28.2. The molecule has 1 aromatic rings. The largest absolute Gasteiger partial charge is 0.438 e. The van der Waals surface area contributed by atoms with E-state index in [0.717, 1.165) is 6.04 Å². The quantitative estimate of drug-likeness (QED) is 0.476. The van der Waals surface area contributed by atoms with Crippen molar-refractivity contribution in [1.82, 2.24) is 4.57 Å². The molecular formula is C14H27NOSi. The van der Waals surface area contributed by atoms with E-state index in [9.17, 15) is 0 Å². The monoisotopic (exact) mass is 253 g/mol. The lowest BCUT2D eigenvalue weighted by atomic mass is 10.1. The molecule has 0 saturated heterocycles. The van der Waals surface area contributed by atoms with Crippen LogP contribution in [0, 0.1) is 0 Å². The molecule has 0 aliphatic carbocycles. The van der Waals surface area contributed by atoms with Crippen LogP contribution in [-0.4, -0.2) is 19.1 Å². The number of hydrogen-bond donors (Lipinski definition) is 1. The predicted molar refractivity (Wildman–Crippen MR) is 76.9 cm³/mol. The molecule has 0 spiro atoms. The van der Waals surface area contributed by atoms with Gasteiger partial charge in [-0.15, -0.1) is 0 Å². The summed E-state index contributed by atoms with van der Waals surface area (Å²) >= 11 is 0. The molecule has 0 aliphatic heterocycles. The predicted octanol–water partition coefficient (Wildman–Crippen LogP) is 3.10. The minimum atomic E-state index is -0.660. The Morgan fingerprint density at radius 3 is 1.88 bits per heavy atom. The van der Waals surface area contributed by atoms with E-state index >= 15 is 0 Å². The van der Waals surface area contributed by atoms with Gasteiger partial charge in [-0.05, 0) is 24.6 Å². The maximum Gasteiger partial charge on any atom is 0.156 e. The van der Waals surface area contributed by atoms with Gasteiger partial charge in [-0.3, -0.25) is 0 Å². The molecule has 1 heterocycles. The van der Waals surface area contributed by atoms with Crippen molar-refractivity contribution >= 4 is 9.76 Å². The van der Waals surface area contributed by atoms with Crippen LogP contribution in [0.4, 0.5) is 0 Å². The molecule has 0 unspecified atom stereocenters.